The number of anilines is 2. The lowest BCUT2D eigenvalue weighted by Gasteiger charge is -2.34. The minimum atomic E-state index is -4.09. The molecule has 0 spiro atoms. The third-order valence-corrected chi connectivity index (χ3v) is 9.52. The third kappa shape index (κ3) is 5.30. The maximum atomic E-state index is 14.6. The number of halogens is 2. The minimum absolute atomic E-state index is 0.00193. The van der Waals surface area contributed by atoms with Crippen LogP contribution in [0.4, 0.5) is 25.1 Å². The van der Waals surface area contributed by atoms with Crippen LogP contribution in [-0.2, 0) is 19.3 Å². The summed E-state index contributed by atoms with van der Waals surface area (Å²) in [5, 5.41) is 5.01. The summed E-state index contributed by atoms with van der Waals surface area (Å²) < 4.78 is 58.7. The number of nitrogens with one attached hydrogen (secondary N) is 2. The van der Waals surface area contributed by atoms with Crippen molar-refractivity contribution in [3.63, 3.8) is 0 Å². The van der Waals surface area contributed by atoms with E-state index < -0.39 is 33.1 Å². The molecule has 2 amide bonds. The molecule has 206 valence electrons. The Morgan fingerprint density at radius 1 is 1.15 bits per heavy atom. The highest BCUT2D eigenvalue weighted by atomic mass is 32.2. The van der Waals surface area contributed by atoms with E-state index in [4.69, 9.17) is 14.7 Å². The van der Waals surface area contributed by atoms with Crippen molar-refractivity contribution in [1.82, 2.24) is 15.3 Å². The largest absolute Gasteiger partial charge is 0.377 e. The van der Waals surface area contributed by atoms with Crippen molar-refractivity contribution in [3.8, 4) is 11.4 Å². The maximum Gasteiger partial charge on any atom is 0.319 e. The second-order valence-electron chi connectivity index (χ2n) is 9.63. The van der Waals surface area contributed by atoms with Crippen molar-refractivity contribution in [2.45, 2.75) is 35.4 Å². The zero-order valence-electron chi connectivity index (χ0n) is 21.4. The van der Waals surface area contributed by atoms with E-state index in [-0.39, 0.29) is 17.5 Å². The average molecular weight is 558 g/mol. The van der Waals surface area contributed by atoms with E-state index in [0.717, 1.165) is 6.07 Å². The average Bonchev–Trinajstić information content (AvgIpc) is 3.76. The van der Waals surface area contributed by atoms with Crippen LogP contribution in [0.25, 0.3) is 11.4 Å². The number of urea groups is 1. The van der Waals surface area contributed by atoms with Crippen molar-refractivity contribution < 1.29 is 26.7 Å². The van der Waals surface area contributed by atoms with Gasteiger partial charge in [-0.2, -0.15) is 0 Å². The number of ether oxygens (including phenoxy) is 1. The first-order chi connectivity index (χ1) is 18.7. The van der Waals surface area contributed by atoms with E-state index in [1.54, 1.807) is 30.3 Å². The van der Waals surface area contributed by atoms with Crippen LogP contribution in [0.1, 0.15) is 25.5 Å². The molecule has 1 aromatic heterocycles. The summed E-state index contributed by atoms with van der Waals surface area (Å²) in [6, 6.07) is 13.3. The van der Waals surface area contributed by atoms with Gasteiger partial charge in [0, 0.05) is 30.4 Å². The molecule has 0 radical (unpaired) electrons. The Morgan fingerprint density at radius 3 is 2.56 bits per heavy atom. The van der Waals surface area contributed by atoms with Gasteiger partial charge in [0.05, 0.1) is 24.9 Å². The summed E-state index contributed by atoms with van der Waals surface area (Å²) in [6.45, 7) is 2.81. The van der Waals surface area contributed by atoms with Gasteiger partial charge in [-0.3, -0.25) is 0 Å². The molecular weight excluding hydrogens is 528 g/mol. The Labute approximate surface area is 225 Å². The SMILES string of the molecule is C[C@H]1COCCN1c1cc(C2(S(=O)(=O)c3ccccc3F)CC2)nc(-c2ccc(NC(=O)NCCF)cc2)n1. The van der Waals surface area contributed by atoms with Gasteiger partial charge in [0.2, 0.25) is 0 Å². The lowest BCUT2D eigenvalue weighted by Crippen LogP contribution is -2.44. The van der Waals surface area contributed by atoms with Crippen LogP contribution in [0, 0.1) is 5.82 Å². The minimum Gasteiger partial charge on any atom is -0.377 e. The predicted molar refractivity (Wildman–Crippen MR) is 143 cm³/mol. The van der Waals surface area contributed by atoms with Crippen LogP contribution in [0.15, 0.2) is 59.5 Å². The Balaban J connectivity index is 1.54. The van der Waals surface area contributed by atoms with Crippen LogP contribution < -0.4 is 15.5 Å². The molecule has 2 aliphatic rings. The molecule has 1 saturated heterocycles. The molecule has 0 bridgehead atoms. The van der Waals surface area contributed by atoms with Crippen molar-refractivity contribution in [1.29, 1.82) is 0 Å². The predicted octanol–water partition coefficient (Wildman–Crippen LogP) is 4.06. The van der Waals surface area contributed by atoms with E-state index in [0.29, 0.717) is 61.2 Å². The number of nitrogens with zero attached hydrogens (tertiary/aromatic N) is 3. The maximum absolute atomic E-state index is 14.6. The number of morpholine rings is 1. The van der Waals surface area contributed by atoms with Crippen LogP contribution in [0.3, 0.4) is 0 Å². The number of amides is 2. The highest BCUT2D eigenvalue weighted by Gasteiger charge is 2.58. The number of rotatable bonds is 8. The van der Waals surface area contributed by atoms with Gasteiger partial charge in [-0.25, -0.2) is 32.0 Å². The Hall–Kier alpha value is -3.64. The second-order valence-corrected chi connectivity index (χ2v) is 11.9. The van der Waals surface area contributed by atoms with E-state index >= 15 is 0 Å². The lowest BCUT2D eigenvalue weighted by atomic mass is 10.1. The number of carbonyl (C=O) groups excluding carboxylic acids is 1. The Kier molecular flexibility index (Phi) is 7.50. The molecule has 2 N–H and O–H groups in total. The fraction of sp³-hybridized carbons (Fsp3) is 0.370. The first kappa shape index (κ1) is 26.9. The van der Waals surface area contributed by atoms with Gasteiger partial charge in [-0.05, 0) is 56.2 Å². The standard InChI is InChI=1S/C27H29F2N5O4S/c1-18-17-38-15-14-34(18)24-16-23(27(10-11-27)39(36,37)22-5-3-2-4-21(22)29)32-25(33-24)19-6-8-20(9-7-19)31-26(35)30-13-12-28/h2-9,16,18H,10-15,17H2,1H3,(H2,30,31,35)/t18-/m0/s1. The van der Waals surface area contributed by atoms with Crippen LogP contribution in [-0.4, -0.2) is 63.4 Å². The molecule has 2 fully saturated rings. The molecule has 1 atom stereocenters. The molecule has 1 aliphatic heterocycles. The van der Waals surface area contributed by atoms with Gasteiger partial charge in [-0.15, -0.1) is 0 Å². The highest BCUT2D eigenvalue weighted by molar-refractivity contribution is 7.92. The zero-order chi connectivity index (χ0) is 27.6. The second kappa shape index (κ2) is 10.9. The van der Waals surface area contributed by atoms with Gasteiger partial charge < -0.3 is 20.3 Å². The quantitative estimate of drug-likeness (QED) is 0.429. The van der Waals surface area contributed by atoms with Crippen molar-refractivity contribution >= 4 is 27.4 Å². The summed E-state index contributed by atoms with van der Waals surface area (Å²) >= 11 is 0. The van der Waals surface area contributed by atoms with Gasteiger partial charge in [0.25, 0.3) is 0 Å². The van der Waals surface area contributed by atoms with E-state index in [2.05, 4.69) is 15.5 Å². The van der Waals surface area contributed by atoms with Gasteiger partial charge >= 0.3 is 6.03 Å². The number of alkyl halides is 1. The normalized spacial score (nSPS) is 18.4. The molecule has 12 heteroatoms. The lowest BCUT2D eigenvalue weighted by molar-refractivity contribution is 0.0985. The summed E-state index contributed by atoms with van der Waals surface area (Å²) in [7, 11) is -4.09. The van der Waals surface area contributed by atoms with Crippen molar-refractivity contribution in [3.05, 3.63) is 66.1 Å². The van der Waals surface area contributed by atoms with Crippen LogP contribution in [0.5, 0.6) is 0 Å². The molecule has 9 nitrogen and oxygen atoms in total. The number of aromatic nitrogens is 2. The van der Waals surface area contributed by atoms with Crippen LogP contribution in [0.2, 0.25) is 0 Å². The smallest absolute Gasteiger partial charge is 0.319 e. The van der Waals surface area contributed by atoms with Gasteiger partial charge in [-0.1, -0.05) is 12.1 Å². The molecule has 3 aromatic rings. The highest BCUT2D eigenvalue weighted by Crippen LogP contribution is 2.55. The molecule has 2 aromatic carbocycles. The fourth-order valence-corrected chi connectivity index (χ4v) is 6.72. The monoisotopic (exact) mass is 557 g/mol. The van der Waals surface area contributed by atoms with E-state index in [1.807, 2.05) is 6.92 Å². The zero-order valence-corrected chi connectivity index (χ0v) is 22.2. The number of sulfone groups is 1. The van der Waals surface area contributed by atoms with Gasteiger partial charge in [0.1, 0.15) is 28.0 Å². The fourth-order valence-electron chi connectivity index (χ4n) is 4.70. The first-order valence-corrected chi connectivity index (χ1v) is 14.2. The van der Waals surface area contributed by atoms with Gasteiger partial charge in [0.15, 0.2) is 15.7 Å². The van der Waals surface area contributed by atoms with E-state index in [9.17, 15) is 22.0 Å². The number of benzene rings is 2. The van der Waals surface area contributed by atoms with E-state index in [1.165, 1.54) is 18.2 Å². The molecule has 1 saturated carbocycles. The summed E-state index contributed by atoms with van der Waals surface area (Å²) in [6.07, 6.45) is 0.629. The molecule has 5 rings (SSSR count). The summed E-state index contributed by atoms with van der Waals surface area (Å²) in [5.74, 6) is 0.0805. The topological polar surface area (TPSA) is 114 Å². The van der Waals surface area contributed by atoms with Crippen LogP contribution >= 0.6 is 0 Å². The summed E-state index contributed by atoms with van der Waals surface area (Å²) in [4.78, 5) is 23.0. The first-order valence-electron chi connectivity index (χ1n) is 12.7. The Bertz CT molecular complexity index is 1470. The third-order valence-electron chi connectivity index (χ3n) is 6.97. The number of hydrogen-bond donors (Lipinski definition) is 2. The Morgan fingerprint density at radius 2 is 1.90 bits per heavy atom. The van der Waals surface area contributed by atoms with Crippen molar-refractivity contribution in [2.24, 2.45) is 0 Å². The number of carbonyl (C=O) groups is 1. The summed E-state index contributed by atoms with van der Waals surface area (Å²) in [5.41, 5.74) is 1.40. The molecule has 0 unspecified atom stereocenters. The molecule has 2 heterocycles. The molecule has 39 heavy (non-hydrogen) atoms. The molecular formula is C27H29F2N5O4S. The van der Waals surface area contributed by atoms with Crippen molar-refractivity contribution in [2.75, 3.05) is 43.2 Å². The molecule has 1 aliphatic carbocycles. The number of hydrogen-bond acceptors (Lipinski definition) is 7.